The molecular formula is C16H21F3N2O2. The predicted octanol–water partition coefficient (Wildman–Crippen LogP) is 4.22. The van der Waals surface area contributed by atoms with E-state index in [1.165, 1.54) is 18.2 Å². The van der Waals surface area contributed by atoms with E-state index < -0.39 is 23.4 Å². The third-order valence-electron chi connectivity index (χ3n) is 2.66. The molecule has 1 aromatic carbocycles. The van der Waals surface area contributed by atoms with Gasteiger partial charge >= 0.3 is 12.3 Å². The highest BCUT2D eigenvalue weighted by atomic mass is 19.4. The van der Waals surface area contributed by atoms with Crippen LogP contribution in [0.4, 0.5) is 23.7 Å². The summed E-state index contributed by atoms with van der Waals surface area (Å²) in [6, 6.07) is 3.43. The van der Waals surface area contributed by atoms with E-state index in [1.807, 2.05) is 0 Å². The molecular weight excluding hydrogens is 309 g/mol. The van der Waals surface area contributed by atoms with E-state index >= 15 is 0 Å². The summed E-state index contributed by atoms with van der Waals surface area (Å²) >= 11 is 0. The van der Waals surface area contributed by atoms with Crippen molar-refractivity contribution < 1.29 is 22.7 Å². The van der Waals surface area contributed by atoms with Gasteiger partial charge in [-0.15, -0.1) is 0 Å². The first kappa shape index (κ1) is 18.9. The molecule has 4 nitrogen and oxygen atoms in total. The molecule has 0 unspecified atom stereocenters. The molecule has 1 rings (SSSR count). The molecule has 1 amide bonds. The van der Waals surface area contributed by atoms with Crippen molar-refractivity contribution in [2.24, 2.45) is 0 Å². The van der Waals surface area contributed by atoms with Crippen molar-refractivity contribution >= 4 is 17.9 Å². The highest BCUT2D eigenvalue weighted by Gasteiger charge is 2.32. The number of halogens is 3. The number of carbonyl (C=O) groups excluding carboxylic acids is 1. The minimum atomic E-state index is -4.44. The summed E-state index contributed by atoms with van der Waals surface area (Å²) in [6.45, 7) is 5.48. The maximum atomic E-state index is 12.9. The van der Waals surface area contributed by atoms with Crippen molar-refractivity contribution in [2.75, 3.05) is 12.3 Å². The summed E-state index contributed by atoms with van der Waals surface area (Å²) in [5.41, 5.74) is 4.43. The molecule has 0 saturated carbocycles. The molecule has 0 aliphatic heterocycles. The molecule has 0 radical (unpaired) electrons. The van der Waals surface area contributed by atoms with Crippen molar-refractivity contribution in [3.63, 3.8) is 0 Å². The molecule has 3 N–H and O–H groups in total. The van der Waals surface area contributed by atoms with Crippen LogP contribution in [0.2, 0.25) is 0 Å². The first-order valence-electron chi connectivity index (χ1n) is 7.09. The molecule has 0 bridgehead atoms. The lowest BCUT2D eigenvalue weighted by Crippen LogP contribution is -2.32. The Kier molecular flexibility index (Phi) is 6.06. The second kappa shape index (κ2) is 7.39. The van der Waals surface area contributed by atoms with E-state index in [4.69, 9.17) is 10.5 Å². The fourth-order valence-corrected chi connectivity index (χ4v) is 1.76. The quantitative estimate of drug-likeness (QED) is 0.642. The van der Waals surface area contributed by atoms with Crippen LogP contribution in [0.3, 0.4) is 0 Å². The number of nitrogens with two attached hydrogens (primary N) is 1. The number of nitrogens with one attached hydrogen (secondary N) is 1. The molecule has 7 heteroatoms. The van der Waals surface area contributed by atoms with Crippen LogP contribution in [-0.2, 0) is 10.9 Å². The van der Waals surface area contributed by atoms with Crippen molar-refractivity contribution in [3.8, 4) is 0 Å². The number of benzene rings is 1. The van der Waals surface area contributed by atoms with Gasteiger partial charge in [-0.3, -0.25) is 0 Å². The minimum Gasteiger partial charge on any atom is -0.444 e. The van der Waals surface area contributed by atoms with Crippen LogP contribution >= 0.6 is 0 Å². The molecule has 0 saturated heterocycles. The van der Waals surface area contributed by atoms with Gasteiger partial charge in [-0.1, -0.05) is 12.2 Å². The fraction of sp³-hybridized carbons (Fsp3) is 0.438. The van der Waals surface area contributed by atoms with Gasteiger partial charge in [0.25, 0.3) is 0 Å². The molecule has 0 aliphatic rings. The smallest absolute Gasteiger partial charge is 0.416 e. The number of rotatable bonds is 4. The predicted molar refractivity (Wildman–Crippen MR) is 83.7 cm³/mol. The molecule has 0 aromatic heterocycles. The zero-order valence-corrected chi connectivity index (χ0v) is 13.3. The van der Waals surface area contributed by atoms with Gasteiger partial charge in [0, 0.05) is 12.2 Å². The van der Waals surface area contributed by atoms with Crippen LogP contribution in [0, 0.1) is 0 Å². The molecule has 0 fully saturated rings. The average Bonchev–Trinajstić information content (AvgIpc) is 2.34. The normalized spacial score (nSPS) is 12.4. The Labute approximate surface area is 133 Å². The van der Waals surface area contributed by atoms with Crippen LogP contribution in [0.1, 0.15) is 38.3 Å². The summed E-state index contributed by atoms with van der Waals surface area (Å²) in [4.78, 5) is 11.4. The van der Waals surface area contributed by atoms with Crippen molar-refractivity contribution in [1.29, 1.82) is 0 Å². The molecule has 0 spiro atoms. The topological polar surface area (TPSA) is 64.3 Å². The third-order valence-corrected chi connectivity index (χ3v) is 2.66. The Morgan fingerprint density at radius 1 is 1.30 bits per heavy atom. The zero-order chi connectivity index (χ0) is 17.7. The van der Waals surface area contributed by atoms with Gasteiger partial charge in [0.2, 0.25) is 0 Å². The van der Waals surface area contributed by atoms with E-state index in [2.05, 4.69) is 5.32 Å². The summed E-state index contributed by atoms with van der Waals surface area (Å²) in [5.74, 6) is 0. The molecule has 1 aromatic rings. The highest BCUT2D eigenvalue weighted by Crippen LogP contribution is 2.33. The summed E-state index contributed by atoms with van der Waals surface area (Å²) in [6.07, 6.45) is -1.75. The van der Waals surface area contributed by atoms with Crippen LogP contribution < -0.4 is 11.1 Å². The lowest BCUT2D eigenvalue weighted by molar-refractivity contribution is -0.137. The van der Waals surface area contributed by atoms with Crippen LogP contribution in [-0.4, -0.2) is 18.2 Å². The zero-order valence-electron chi connectivity index (χ0n) is 13.3. The number of anilines is 1. The van der Waals surface area contributed by atoms with Crippen molar-refractivity contribution in [2.45, 2.75) is 39.0 Å². The number of alkyl carbamates (subject to hydrolysis) is 1. The van der Waals surface area contributed by atoms with E-state index in [0.717, 1.165) is 6.07 Å². The fourth-order valence-electron chi connectivity index (χ4n) is 1.76. The minimum absolute atomic E-state index is 0.00484. The Morgan fingerprint density at radius 2 is 1.96 bits per heavy atom. The van der Waals surface area contributed by atoms with Gasteiger partial charge in [-0.05, 0) is 51.0 Å². The van der Waals surface area contributed by atoms with Crippen molar-refractivity contribution in [3.05, 3.63) is 35.4 Å². The number of amides is 1. The number of ether oxygens (including phenoxy) is 1. The Bertz CT molecular complexity index is 576. The van der Waals surface area contributed by atoms with E-state index in [0.29, 0.717) is 6.42 Å². The monoisotopic (exact) mass is 330 g/mol. The van der Waals surface area contributed by atoms with E-state index in [9.17, 15) is 18.0 Å². The standard InChI is InChI=1S/C16H21F3N2O2/c1-15(2,3)23-14(22)21-9-5-4-6-11-10-12(20)7-8-13(11)16(17,18)19/h4,6-8,10H,5,9,20H2,1-3H3,(H,21,22). The largest absolute Gasteiger partial charge is 0.444 e. The van der Waals surface area contributed by atoms with Gasteiger partial charge in [0.15, 0.2) is 0 Å². The second-order valence-corrected chi connectivity index (χ2v) is 5.96. The Balaban J connectivity index is 2.59. The van der Waals surface area contributed by atoms with Crippen LogP contribution in [0.5, 0.6) is 0 Å². The van der Waals surface area contributed by atoms with Gasteiger partial charge in [0.1, 0.15) is 5.60 Å². The van der Waals surface area contributed by atoms with Gasteiger partial charge in [0.05, 0.1) is 5.56 Å². The van der Waals surface area contributed by atoms with Crippen LogP contribution in [0.25, 0.3) is 6.08 Å². The van der Waals surface area contributed by atoms with Gasteiger partial charge in [-0.2, -0.15) is 13.2 Å². The lowest BCUT2D eigenvalue weighted by atomic mass is 10.1. The number of hydrogen-bond donors (Lipinski definition) is 2. The molecule has 23 heavy (non-hydrogen) atoms. The van der Waals surface area contributed by atoms with Gasteiger partial charge < -0.3 is 15.8 Å². The molecule has 0 aliphatic carbocycles. The highest BCUT2D eigenvalue weighted by molar-refractivity contribution is 5.67. The molecule has 128 valence electrons. The first-order chi connectivity index (χ1) is 10.5. The summed E-state index contributed by atoms with van der Waals surface area (Å²) < 4.78 is 43.7. The summed E-state index contributed by atoms with van der Waals surface area (Å²) in [5, 5.41) is 2.52. The van der Waals surface area contributed by atoms with E-state index in [1.54, 1.807) is 26.8 Å². The van der Waals surface area contributed by atoms with Crippen LogP contribution in [0.15, 0.2) is 24.3 Å². The van der Waals surface area contributed by atoms with E-state index in [-0.39, 0.29) is 17.8 Å². The first-order valence-corrected chi connectivity index (χ1v) is 7.09. The lowest BCUT2D eigenvalue weighted by Gasteiger charge is -2.19. The third kappa shape index (κ3) is 7.08. The SMILES string of the molecule is CC(C)(C)OC(=O)NCCC=Cc1cc(N)ccc1C(F)(F)F. The number of carbonyl (C=O) groups is 1. The van der Waals surface area contributed by atoms with Crippen molar-refractivity contribution in [1.82, 2.24) is 5.32 Å². The Hall–Kier alpha value is -2.18. The maximum absolute atomic E-state index is 12.9. The summed E-state index contributed by atoms with van der Waals surface area (Å²) in [7, 11) is 0. The van der Waals surface area contributed by atoms with Gasteiger partial charge in [-0.25, -0.2) is 4.79 Å². The average molecular weight is 330 g/mol. The number of nitrogen functional groups attached to an aromatic ring is 1. The molecule has 0 heterocycles. The number of alkyl halides is 3. The maximum Gasteiger partial charge on any atom is 0.416 e. The second-order valence-electron chi connectivity index (χ2n) is 5.96. The number of hydrogen-bond acceptors (Lipinski definition) is 3. The molecule has 0 atom stereocenters. The Morgan fingerprint density at radius 3 is 2.52 bits per heavy atom.